The fraction of sp³-hybridized carbons (Fsp3) is 0.462. The van der Waals surface area contributed by atoms with Gasteiger partial charge in [-0.25, -0.2) is 0 Å². The molecule has 0 saturated heterocycles. The Morgan fingerprint density at radius 3 is 3.12 bits per heavy atom. The number of hydrogen-bond acceptors (Lipinski definition) is 3. The number of nitrogen functional groups attached to an aromatic ring is 1. The predicted molar refractivity (Wildman–Crippen MR) is 63.2 cm³/mol. The molecule has 2 rings (SSSR count). The Hall–Kier alpha value is -1.51. The zero-order chi connectivity index (χ0) is 11.5. The highest BCUT2D eigenvalue weighted by atomic mass is 16.5. The lowest BCUT2D eigenvalue weighted by Crippen LogP contribution is -2.15. The van der Waals surface area contributed by atoms with Gasteiger partial charge < -0.3 is 10.5 Å². The van der Waals surface area contributed by atoms with E-state index in [1.807, 2.05) is 12.1 Å². The molecule has 0 aromatic heterocycles. The van der Waals surface area contributed by atoms with Crippen LogP contribution in [-0.2, 0) is 16.0 Å². The molecule has 0 unspecified atom stereocenters. The lowest BCUT2D eigenvalue weighted by molar-refractivity contribution is -0.141. The summed E-state index contributed by atoms with van der Waals surface area (Å²) >= 11 is 0. The monoisotopic (exact) mass is 219 g/mol. The topological polar surface area (TPSA) is 52.3 Å². The lowest BCUT2D eigenvalue weighted by atomic mass is 9.81. The van der Waals surface area contributed by atoms with Crippen LogP contribution in [0.3, 0.4) is 0 Å². The Kier molecular flexibility index (Phi) is 3.13. The van der Waals surface area contributed by atoms with Crippen molar-refractivity contribution in [1.82, 2.24) is 0 Å². The molecule has 3 heteroatoms. The van der Waals surface area contributed by atoms with Gasteiger partial charge >= 0.3 is 5.97 Å². The molecule has 0 radical (unpaired) electrons. The first-order chi connectivity index (χ1) is 7.70. The third kappa shape index (κ3) is 2.18. The summed E-state index contributed by atoms with van der Waals surface area (Å²) in [4.78, 5) is 11.3. The molecule has 0 bridgehead atoms. The molecule has 86 valence electrons. The maximum absolute atomic E-state index is 11.3. The second kappa shape index (κ2) is 4.56. The quantitative estimate of drug-likeness (QED) is 0.613. The zero-order valence-corrected chi connectivity index (χ0v) is 9.53. The number of ether oxygens (including phenoxy) is 1. The van der Waals surface area contributed by atoms with E-state index in [0.717, 1.165) is 24.9 Å². The standard InChI is InChI=1S/C13H17NO2/c1-16-13(15)7-10-4-2-3-9-5-6-11(14)8-12(9)10/h5-6,8,10H,2-4,7,14H2,1H3/t10-/m1/s1. The molecule has 0 fully saturated rings. The van der Waals surface area contributed by atoms with Crippen molar-refractivity contribution in [3.8, 4) is 0 Å². The summed E-state index contributed by atoms with van der Waals surface area (Å²) in [6.45, 7) is 0. The minimum absolute atomic E-state index is 0.139. The van der Waals surface area contributed by atoms with Crippen molar-refractivity contribution < 1.29 is 9.53 Å². The number of rotatable bonds is 2. The van der Waals surface area contributed by atoms with Gasteiger partial charge in [-0.05, 0) is 48.4 Å². The largest absolute Gasteiger partial charge is 0.469 e. The Bertz CT molecular complexity index is 401. The summed E-state index contributed by atoms with van der Waals surface area (Å²) < 4.78 is 4.73. The molecule has 0 aliphatic heterocycles. The van der Waals surface area contributed by atoms with Gasteiger partial charge in [0, 0.05) is 5.69 Å². The lowest BCUT2D eigenvalue weighted by Gasteiger charge is -2.25. The van der Waals surface area contributed by atoms with Gasteiger partial charge in [0.25, 0.3) is 0 Å². The number of methoxy groups -OCH3 is 1. The Morgan fingerprint density at radius 1 is 1.56 bits per heavy atom. The van der Waals surface area contributed by atoms with Gasteiger partial charge in [-0.1, -0.05) is 6.07 Å². The molecule has 0 spiro atoms. The van der Waals surface area contributed by atoms with Gasteiger partial charge in [0.05, 0.1) is 13.5 Å². The van der Waals surface area contributed by atoms with E-state index in [1.165, 1.54) is 18.2 Å². The average Bonchev–Trinajstić information content (AvgIpc) is 2.29. The van der Waals surface area contributed by atoms with Crippen molar-refractivity contribution in [2.75, 3.05) is 12.8 Å². The highest BCUT2D eigenvalue weighted by Crippen LogP contribution is 2.35. The fourth-order valence-electron chi connectivity index (χ4n) is 2.41. The molecule has 0 amide bonds. The van der Waals surface area contributed by atoms with Crippen LogP contribution in [0, 0.1) is 0 Å². The van der Waals surface area contributed by atoms with Crippen molar-refractivity contribution in [1.29, 1.82) is 0 Å². The average molecular weight is 219 g/mol. The van der Waals surface area contributed by atoms with Crippen LogP contribution in [0.2, 0.25) is 0 Å². The normalized spacial score (nSPS) is 18.9. The van der Waals surface area contributed by atoms with Gasteiger partial charge in [0.15, 0.2) is 0 Å². The van der Waals surface area contributed by atoms with E-state index in [-0.39, 0.29) is 11.9 Å². The Morgan fingerprint density at radius 2 is 2.38 bits per heavy atom. The molecule has 16 heavy (non-hydrogen) atoms. The van der Waals surface area contributed by atoms with Crippen LogP contribution >= 0.6 is 0 Å². The summed E-state index contributed by atoms with van der Waals surface area (Å²) in [5, 5.41) is 0. The minimum Gasteiger partial charge on any atom is -0.469 e. The van der Waals surface area contributed by atoms with Crippen LogP contribution in [0.4, 0.5) is 5.69 Å². The number of anilines is 1. The van der Waals surface area contributed by atoms with E-state index in [9.17, 15) is 4.79 Å². The molecule has 1 atom stereocenters. The highest BCUT2D eigenvalue weighted by molar-refractivity contribution is 5.70. The van der Waals surface area contributed by atoms with Crippen LogP contribution in [0.1, 0.15) is 36.3 Å². The molecule has 1 aliphatic carbocycles. The van der Waals surface area contributed by atoms with Crippen molar-refractivity contribution in [2.45, 2.75) is 31.6 Å². The number of carbonyl (C=O) groups excluding carboxylic acids is 1. The third-order valence-electron chi connectivity index (χ3n) is 3.25. The number of fused-ring (bicyclic) bond motifs is 1. The van der Waals surface area contributed by atoms with E-state index in [1.54, 1.807) is 0 Å². The van der Waals surface area contributed by atoms with Crippen molar-refractivity contribution >= 4 is 11.7 Å². The number of nitrogens with two attached hydrogens (primary N) is 1. The van der Waals surface area contributed by atoms with Crippen molar-refractivity contribution in [3.63, 3.8) is 0 Å². The second-order valence-electron chi connectivity index (χ2n) is 4.33. The van der Waals surface area contributed by atoms with Gasteiger partial charge in [-0.15, -0.1) is 0 Å². The Labute approximate surface area is 95.6 Å². The number of hydrogen-bond donors (Lipinski definition) is 1. The van der Waals surface area contributed by atoms with E-state index in [2.05, 4.69) is 6.07 Å². The van der Waals surface area contributed by atoms with Gasteiger partial charge in [0.1, 0.15) is 0 Å². The van der Waals surface area contributed by atoms with Crippen LogP contribution in [0.5, 0.6) is 0 Å². The predicted octanol–water partition coefficient (Wildman–Crippen LogP) is 2.25. The maximum Gasteiger partial charge on any atom is 0.306 e. The van der Waals surface area contributed by atoms with Crippen molar-refractivity contribution in [3.05, 3.63) is 29.3 Å². The van der Waals surface area contributed by atoms with Crippen LogP contribution < -0.4 is 5.73 Å². The molecule has 2 N–H and O–H groups in total. The Balaban J connectivity index is 2.24. The molecule has 1 aromatic carbocycles. The number of esters is 1. The van der Waals surface area contributed by atoms with Gasteiger partial charge in [-0.2, -0.15) is 0 Å². The highest BCUT2D eigenvalue weighted by Gasteiger charge is 2.22. The van der Waals surface area contributed by atoms with Gasteiger partial charge in [-0.3, -0.25) is 4.79 Å². The molecule has 0 heterocycles. The molecule has 3 nitrogen and oxygen atoms in total. The van der Waals surface area contributed by atoms with Crippen molar-refractivity contribution in [2.24, 2.45) is 0 Å². The number of carbonyl (C=O) groups is 1. The summed E-state index contributed by atoms with van der Waals surface area (Å²) in [6, 6.07) is 6.01. The molecule has 1 aliphatic rings. The second-order valence-corrected chi connectivity index (χ2v) is 4.33. The summed E-state index contributed by atoms with van der Waals surface area (Å²) in [5.41, 5.74) is 9.13. The van der Waals surface area contributed by atoms with E-state index < -0.39 is 0 Å². The van der Waals surface area contributed by atoms with E-state index >= 15 is 0 Å². The van der Waals surface area contributed by atoms with Crippen LogP contribution in [0.25, 0.3) is 0 Å². The molecular formula is C13H17NO2. The zero-order valence-electron chi connectivity index (χ0n) is 9.53. The van der Waals surface area contributed by atoms with Crippen LogP contribution in [0.15, 0.2) is 18.2 Å². The fourth-order valence-corrected chi connectivity index (χ4v) is 2.41. The summed E-state index contributed by atoms with van der Waals surface area (Å²) in [7, 11) is 1.44. The first-order valence-electron chi connectivity index (χ1n) is 5.66. The summed E-state index contributed by atoms with van der Waals surface area (Å²) in [5.74, 6) is 0.139. The van der Waals surface area contributed by atoms with Crippen LogP contribution in [-0.4, -0.2) is 13.1 Å². The number of benzene rings is 1. The molecule has 1 aromatic rings. The minimum atomic E-state index is -0.139. The van der Waals surface area contributed by atoms with E-state index in [0.29, 0.717) is 6.42 Å². The smallest absolute Gasteiger partial charge is 0.306 e. The summed E-state index contributed by atoms with van der Waals surface area (Å²) in [6.07, 6.45) is 3.74. The third-order valence-corrected chi connectivity index (χ3v) is 3.25. The first kappa shape index (κ1) is 11.0. The first-order valence-corrected chi connectivity index (χ1v) is 5.66. The maximum atomic E-state index is 11.3. The SMILES string of the molecule is COC(=O)C[C@H]1CCCc2ccc(N)cc21. The molecule has 0 saturated carbocycles. The number of aryl methyl sites for hydroxylation is 1. The van der Waals surface area contributed by atoms with E-state index in [4.69, 9.17) is 10.5 Å². The molecular weight excluding hydrogens is 202 g/mol. The van der Waals surface area contributed by atoms with Gasteiger partial charge in [0.2, 0.25) is 0 Å².